The highest BCUT2D eigenvalue weighted by molar-refractivity contribution is 7.89. The Bertz CT molecular complexity index is 868. The van der Waals surface area contributed by atoms with Gasteiger partial charge >= 0.3 is 0 Å². The molecule has 0 spiro atoms. The molecule has 5 nitrogen and oxygen atoms in total. The summed E-state index contributed by atoms with van der Waals surface area (Å²) in [5.74, 6) is 0. The number of primary sulfonamides is 1. The van der Waals surface area contributed by atoms with Gasteiger partial charge in [0, 0.05) is 5.56 Å². The summed E-state index contributed by atoms with van der Waals surface area (Å²) in [5.41, 5.74) is 7.14. The Morgan fingerprint density at radius 1 is 1.05 bits per heavy atom. The molecule has 0 unspecified atom stereocenters. The maximum absolute atomic E-state index is 11.7. The summed E-state index contributed by atoms with van der Waals surface area (Å²) in [7, 11) is -3.91. The van der Waals surface area contributed by atoms with Crippen LogP contribution in [0.2, 0.25) is 0 Å². The first-order chi connectivity index (χ1) is 9.47. The molecule has 0 saturated carbocycles. The van der Waals surface area contributed by atoms with Crippen molar-refractivity contribution in [2.24, 2.45) is 5.14 Å². The molecular formula is C13H11N3O2S2. The molecule has 102 valence electrons. The summed E-state index contributed by atoms with van der Waals surface area (Å²) in [5, 5.41) is 5.84. The largest absolute Gasteiger partial charge is 0.398 e. The molecule has 20 heavy (non-hydrogen) atoms. The molecule has 0 aliphatic carbocycles. The second kappa shape index (κ2) is 4.55. The van der Waals surface area contributed by atoms with Gasteiger partial charge in [-0.2, -0.15) is 0 Å². The molecule has 0 bridgehead atoms. The van der Waals surface area contributed by atoms with Crippen LogP contribution in [0.5, 0.6) is 0 Å². The molecule has 0 aliphatic heterocycles. The van der Waals surface area contributed by atoms with Gasteiger partial charge < -0.3 is 5.73 Å². The average molecular weight is 305 g/mol. The van der Waals surface area contributed by atoms with E-state index in [0.29, 0.717) is 10.6 Å². The lowest BCUT2D eigenvalue weighted by Crippen LogP contribution is -2.15. The predicted molar refractivity (Wildman–Crippen MR) is 80.8 cm³/mol. The fraction of sp³-hybridized carbons (Fsp3) is 0. The number of aromatic nitrogens is 1. The van der Waals surface area contributed by atoms with Crippen LogP contribution in [-0.4, -0.2) is 13.4 Å². The summed E-state index contributed by atoms with van der Waals surface area (Å²) in [6, 6.07) is 12.4. The number of thiazole rings is 1. The van der Waals surface area contributed by atoms with Crippen molar-refractivity contribution in [2.75, 3.05) is 5.73 Å². The van der Waals surface area contributed by atoms with Crippen molar-refractivity contribution in [1.82, 2.24) is 4.98 Å². The number of anilines is 1. The SMILES string of the molecule is Nc1cccc(-c2nc3ccccc3s2)c1S(N)(=O)=O. The van der Waals surface area contributed by atoms with E-state index in [-0.39, 0.29) is 10.6 Å². The number of hydrogen-bond acceptors (Lipinski definition) is 5. The van der Waals surface area contributed by atoms with E-state index in [2.05, 4.69) is 4.98 Å². The summed E-state index contributed by atoms with van der Waals surface area (Å²) < 4.78 is 24.5. The predicted octanol–water partition coefficient (Wildman–Crippen LogP) is 2.19. The number of nitrogens with zero attached hydrogens (tertiary/aromatic N) is 1. The summed E-state index contributed by atoms with van der Waals surface area (Å²) in [4.78, 5) is 4.37. The number of para-hydroxylation sites is 1. The average Bonchev–Trinajstić information content (AvgIpc) is 2.80. The Kier molecular flexibility index (Phi) is 2.97. The van der Waals surface area contributed by atoms with Gasteiger partial charge in [0.2, 0.25) is 10.0 Å². The van der Waals surface area contributed by atoms with Crippen LogP contribution in [0.1, 0.15) is 0 Å². The van der Waals surface area contributed by atoms with Gasteiger partial charge in [0.25, 0.3) is 0 Å². The highest BCUT2D eigenvalue weighted by Crippen LogP contribution is 2.35. The third kappa shape index (κ3) is 2.15. The van der Waals surface area contributed by atoms with Gasteiger partial charge in [-0.1, -0.05) is 24.3 Å². The van der Waals surface area contributed by atoms with Crippen molar-refractivity contribution in [1.29, 1.82) is 0 Å². The van der Waals surface area contributed by atoms with Crippen molar-refractivity contribution in [2.45, 2.75) is 4.90 Å². The summed E-state index contributed by atoms with van der Waals surface area (Å²) in [6.45, 7) is 0. The standard InChI is InChI=1S/C13H11N3O2S2/c14-9-5-3-4-8(12(9)20(15,17)18)13-16-10-6-1-2-7-11(10)19-13/h1-7H,14H2,(H2,15,17,18). The quantitative estimate of drug-likeness (QED) is 0.709. The van der Waals surface area contributed by atoms with Crippen molar-refractivity contribution in [3.05, 3.63) is 42.5 Å². The van der Waals surface area contributed by atoms with Crippen molar-refractivity contribution < 1.29 is 8.42 Å². The minimum Gasteiger partial charge on any atom is -0.398 e. The molecule has 0 aliphatic rings. The first-order valence-corrected chi connectivity index (χ1v) is 8.10. The van der Waals surface area contributed by atoms with Crippen LogP contribution in [0.3, 0.4) is 0 Å². The van der Waals surface area contributed by atoms with Crippen molar-refractivity contribution >= 4 is 37.3 Å². The lowest BCUT2D eigenvalue weighted by Gasteiger charge is -2.07. The Balaban J connectivity index is 2.32. The fourth-order valence-corrected chi connectivity index (χ4v) is 3.96. The monoisotopic (exact) mass is 305 g/mol. The van der Waals surface area contributed by atoms with Gasteiger partial charge in [-0.25, -0.2) is 18.5 Å². The number of fused-ring (bicyclic) bond motifs is 1. The summed E-state index contributed by atoms with van der Waals surface area (Å²) >= 11 is 1.40. The lowest BCUT2D eigenvalue weighted by atomic mass is 10.2. The zero-order valence-electron chi connectivity index (χ0n) is 10.3. The second-order valence-electron chi connectivity index (χ2n) is 4.26. The van der Waals surface area contributed by atoms with E-state index < -0.39 is 10.0 Å². The van der Waals surface area contributed by atoms with Gasteiger partial charge in [-0.3, -0.25) is 0 Å². The second-order valence-corrected chi connectivity index (χ2v) is 6.78. The maximum Gasteiger partial charge on any atom is 0.240 e. The number of nitrogens with two attached hydrogens (primary N) is 2. The summed E-state index contributed by atoms with van der Waals surface area (Å²) in [6.07, 6.45) is 0. The number of hydrogen-bond donors (Lipinski definition) is 2. The molecular weight excluding hydrogens is 294 g/mol. The van der Waals surface area contributed by atoms with Gasteiger partial charge in [0.15, 0.2) is 0 Å². The number of rotatable bonds is 2. The fourth-order valence-electron chi connectivity index (χ4n) is 2.03. The van der Waals surface area contributed by atoms with Crippen LogP contribution in [0, 0.1) is 0 Å². The molecule has 0 radical (unpaired) electrons. The third-order valence-corrected chi connectivity index (χ3v) is 4.95. The molecule has 3 rings (SSSR count). The Morgan fingerprint density at radius 2 is 1.80 bits per heavy atom. The zero-order chi connectivity index (χ0) is 14.3. The maximum atomic E-state index is 11.7. The van der Waals surface area contributed by atoms with E-state index in [9.17, 15) is 8.42 Å². The molecule has 3 aromatic rings. The lowest BCUT2D eigenvalue weighted by molar-refractivity contribution is 0.598. The first-order valence-electron chi connectivity index (χ1n) is 5.74. The van der Waals surface area contributed by atoms with E-state index in [1.807, 2.05) is 24.3 Å². The van der Waals surface area contributed by atoms with Gasteiger partial charge in [-0.15, -0.1) is 11.3 Å². The number of benzene rings is 2. The Labute approximate surface area is 119 Å². The van der Waals surface area contributed by atoms with Crippen LogP contribution in [0.25, 0.3) is 20.8 Å². The smallest absolute Gasteiger partial charge is 0.240 e. The molecule has 2 aromatic carbocycles. The highest BCUT2D eigenvalue weighted by atomic mass is 32.2. The first kappa shape index (κ1) is 13.0. The molecule has 0 saturated heterocycles. The van der Waals surface area contributed by atoms with Crippen molar-refractivity contribution in [3.63, 3.8) is 0 Å². The molecule has 1 aromatic heterocycles. The van der Waals surface area contributed by atoms with Crippen LogP contribution in [-0.2, 0) is 10.0 Å². The molecule has 7 heteroatoms. The van der Waals surface area contributed by atoms with E-state index >= 15 is 0 Å². The van der Waals surface area contributed by atoms with Crippen LogP contribution < -0.4 is 10.9 Å². The van der Waals surface area contributed by atoms with Crippen LogP contribution in [0.15, 0.2) is 47.4 Å². The minimum atomic E-state index is -3.91. The zero-order valence-corrected chi connectivity index (χ0v) is 11.9. The molecule has 1 heterocycles. The number of sulfonamides is 1. The van der Waals surface area contributed by atoms with Crippen LogP contribution in [0.4, 0.5) is 5.69 Å². The minimum absolute atomic E-state index is 0.0703. The van der Waals surface area contributed by atoms with E-state index in [1.54, 1.807) is 12.1 Å². The molecule has 0 atom stereocenters. The van der Waals surface area contributed by atoms with Gasteiger partial charge in [0.1, 0.15) is 9.90 Å². The Hall–Kier alpha value is -1.96. The van der Waals surface area contributed by atoms with E-state index in [4.69, 9.17) is 10.9 Å². The third-order valence-electron chi connectivity index (χ3n) is 2.85. The van der Waals surface area contributed by atoms with Crippen molar-refractivity contribution in [3.8, 4) is 10.6 Å². The molecule has 0 amide bonds. The van der Waals surface area contributed by atoms with Crippen LogP contribution >= 0.6 is 11.3 Å². The normalized spacial score (nSPS) is 11.8. The van der Waals surface area contributed by atoms with Gasteiger partial charge in [0.05, 0.1) is 15.9 Å². The van der Waals surface area contributed by atoms with Gasteiger partial charge in [-0.05, 0) is 18.2 Å². The number of nitrogen functional groups attached to an aromatic ring is 1. The van der Waals surface area contributed by atoms with E-state index in [0.717, 1.165) is 10.2 Å². The topological polar surface area (TPSA) is 99.1 Å². The molecule has 4 N–H and O–H groups in total. The Morgan fingerprint density at radius 3 is 2.50 bits per heavy atom. The molecule has 0 fully saturated rings. The highest BCUT2D eigenvalue weighted by Gasteiger charge is 2.20. The van der Waals surface area contributed by atoms with E-state index in [1.165, 1.54) is 17.4 Å².